The van der Waals surface area contributed by atoms with Crippen LogP contribution in [0.5, 0.6) is 0 Å². The number of rotatable bonds is 5. The number of halogens is 2. The number of aromatic carboxylic acids is 1. The van der Waals surface area contributed by atoms with Crippen LogP contribution in [-0.4, -0.2) is 19.5 Å². The second-order valence-corrected chi connectivity index (χ2v) is 6.50. The second-order valence-electron chi connectivity index (χ2n) is 4.50. The van der Waals surface area contributed by atoms with E-state index in [2.05, 4.69) is 0 Å². The van der Waals surface area contributed by atoms with E-state index in [1.807, 2.05) is 4.72 Å². The highest BCUT2D eigenvalue weighted by Crippen LogP contribution is 2.19. The van der Waals surface area contributed by atoms with Crippen LogP contribution in [0.25, 0.3) is 6.08 Å². The average Bonchev–Trinajstić information content (AvgIpc) is 2.48. The summed E-state index contributed by atoms with van der Waals surface area (Å²) in [6, 6.07) is 9.24. The molecule has 0 heterocycles. The molecule has 0 amide bonds. The summed E-state index contributed by atoms with van der Waals surface area (Å²) in [5.41, 5.74) is -0.0871. The van der Waals surface area contributed by atoms with Gasteiger partial charge in [-0.15, -0.1) is 0 Å². The fraction of sp³-hybridized carbons (Fsp3) is 0. The minimum Gasteiger partial charge on any atom is -0.478 e. The van der Waals surface area contributed by atoms with E-state index in [9.17, 15) is 17.6 Å². The fourth-order valence-electron chi connectivity index (χ4n) is 1.67. The van der Waals surface area contributed by atoms with Crippen molar-refractivity contribution >= 4 is 39.4 Å². The first kappa shape index (κ1) is 17.0. The fourth-order valence-corrected chi connectivity index (χ4v) is 2.66. The molecule has 0 atom stereocenters. The lowest BCUT2D eigenvalue weighted by molar-refractivity contribution is 0.0697. The van der Waals surface area contributed by atoms with Crippen LogP contribution in [0.4, 0.5) is 10.1 Å². The molecular weight excluding hydrogens is 345 g/mol. The number of hydrogen-bond donors (Lipinski definition) is 2. The van der Waals surface area contributed by atoms with Crippen LogP contribution < -0.4 is 4.72 Å². The van der Waals surface area contributed by atoms with Gasteiger partial charge in [-0.05, 0) is 42.0 Å². The van der Waals surface area contributed by atoms with Gasteiger partial charge in [0.15, 0.2) is 0 Å². The van der Waals surface area contributed by atoms with Gasteiger partial charge in [0.2, 0.25) is 0 Å². The summed E-state index contributed by atoms with van der Waals surface area (Å²) < 4.78 is 39.5. The molecule has 2 rings (SSSR count). The van der Waals surface area contributed by atoms with Crippen molar-refractivity contribution in [3.63, 3.8) is 0 Å². The molecule has 2 N–H and O–H groups in total. The van der Waals surface area contributed by atoms with Crippen LogP contribution in [-0.2, 0) is 10.0 Å². The van der Waals surface area contributed by atoms with E-state index in [-0.39, 0.29) is 5.56 Å². The minimum absolute atomic E-state index is 0.231. The van der Waals surface area contributed by atoms with E-state index >= 15 is 0 Å². The van der Waals surface area contributed by atoms with Gasteiger partial charge in [-0.2, -0.15) is 0 Å². The van der Waals surface area contributed by atoms with E-state index < -0.39 is 27.5 Å². The first-order valence-electron chi connectivity index (χ1n) is 6.26. The van der Waals surface area contributed by atoms with Crippen LogP contribution in [0, 0.1) is 5.82 Å². The van der Waals surface area contributed by atoms with Crippen molar-refractivity contribution in [1.29, 1.82) is 0 Å². The number of nitrogens with one attached hydrogen (secondary N) is 1. The Bertz CT molecular complexity index is 864. The highest BCUT2D eigenvalue weighted by atomic mass is 35.5. The Morgan fingerprint density at radius 1 is 1.17 bits per heavy atom. The van der Waals surface area contributed by atoms with Crippen molar-refractivity contribution in [2.75, 3.05) is 4.72 Å². The predicted octanol–water partition coefficient (Wildman–Crippen LogP) is 3.59. The Hall–Kier alpha value is -2.38. The smallest absolute Gasteiger partial charge is 0.335 e. The van der Waals surface area contributed by atoms with Crippen molar-refractivity contribution in [3.8, 4) is 0 Å². The summed E-state index contributed by atoms with van der Waals surface area (Å²) in [5.74, 6) is -2.17. The molecule has 0 radical (unpaired) electrons. The maximum atomic E-state index is 13.6. The summed E-state index contributed by atoms with van der Waals surface area (Å²) in [7, 11) is -4.00. The molecule has 8 heteroatoms. The lowest BCUT2D eigenvalue weighted by atomic mass is 10.2. The topological polar surface area (TPSA) is 83.5 Å². The highest BCUT2D eigenvalue weighted by Gasteiger charge is 2.13. The standard InChI is InChI=1S/C15H11ClFNO4S/c16-12-4-1-10(2-5-12)7-8-23(21,22)18-14-9-11(15(19)20)3-6-13(14)17/h1-9,18H,(H,19,20)/b8-7+. The molecule has 0 saturated carbocycles. The Balaban J connectivity index is 2.22. The van der Waals surface area contributed by atoms with Gasteiger partial charge in [-0.1, -0.05) is 23.7 Å². The van der Waals surface area contributed by atoms with E-state index in [0.717, 1.165) is 23.6 Å². The van der Waals surface area contributed by atoms with Gasteiger partial charge in [0.05, 0.1) is 16.7 Å². The zero-order valence-electron chi connectivity index (χ0n) is 11.5. The molecule has 0 aliphatic heterocycles. The van der Waals surface area contributed by atoms with Crippen LogP contribution in [0.1, 0.15) is 15.9 Å². The first-order chi connectivity index (χ1) is 10.8. The molecule has 2 aromatic carbocycles. The van der Waals surface area contributed by atoms with Crippen molar-refractivity contribution in [2.45, 2.75) is 0 Å². The molecule has 0 saturated heterocycles. The van der Waals surface area contributed by atoms with Gasteiger partial charge < -0.3 is 5.11 Å². The molecule has 5 nitrogen and oxygen atoms in total. The molecule has 0 bridgehead atoms. The second kappa shape index (κ2) is 6.80. The Labute approximate surface area is 137 Å². The Morgan fingerprint density at radius 3 is 2.43 bits per heavy atom. The van der Waals surface area contributed by atoms with Gasteiger partial charge in [0, 0.05) is 5.02 Å². The molecule has 0 aliphatic rings. The third-order valence-electron chi connectivity index (χ3n) is 2.78. The van der Waals surface area contributed by atoms with Crippen LogP contribution in [0.15, 0.2) is 47.9 Å². The van der Waals surface area contributed by atoms with E-state index in [0.29, 0.717) is 10.6 Å². The van der Waals surface area contributed by atoms with E-state index in [4.69, 9.17) is 16.7 Å². The molecular formula is C15H11ClFNO4S. The zero-order valence-corrected chi connectivity index (χ0v) is 13.1. The molecule has 0 fully saturated rings. The maximum absolute atomic E-state index is 13.6. The van der Waals surface area contributed by atoms with E-state index in [1.165, 1.54) is 6.08 Å². The number of sulfonamides is 1. The third-order valence-corrected chi connectivity index (χ3v) is 4.03. The molecule has 2 aromatic rings. The Kier molecular flexibility index (Phi) is 5.02. The van der Waals surface area contributed by atoms with Gasteiger partial charge in [0.1, 0.15) is 5.82 Å². The van der Waals surface area contributed by atoms with Gasteiger partial charge >= 0.3 is 5.97 Å². The monoisotopic (exact) mass is 355 g/mol. The molecule has 0 spiro atoms. The summed E-state index contributed by atoms with van der Waals surface area (Å²) in [6.45, 7) is 0. The normalized spacial score (nSPS) is 11.6. The summed E-state index contributed by atoms with van der Waals surface area (Å²) in [4.78, 5) is 10.8. The van der Waals surface area contributed by atoms with Crippen molar-refractivity contribution < 1.29 is 22.7 Å². The van der Waals surface area contributed by atoms with Crippen molar-refractivity contribution in [3.05, 3.63) is 69.8 Å². The average molecular weight is 356 g/mol. The summed E-state index contributed by atoms with van der Waals surface area (Å²) >= 11 is 5.72. The quantitative estimate of drug-likeness (QED) is 0.858. The molecule has 120 valence electrons. The number of benzene rings is 2. The van der Waals surface area contributed by atoms with Crippen LogP contribution >= 0.6 is 11.6 Å². The molecule has 0 aliphatic carbocycles. The lowest BCUT2D eigenvalue weighted by Gasteiger charge is -2.06. The van der Waals surface area contributed by atoms with Gasteiger partial charge in [-0.25, -0.2) is 17.6 Å². The first-order valence-corrected chi connectivity index (χ1v) is 8.18. The summed E-state index contributed by atoms with van der Waals surface area (Å²) in [5, 5.41) is 10.2. The zero-order chi connectivity index (χ0) is 17.0. The predicted molar refractivity (Wildman–Crippen MR) is 86.4 cm³/mol. The number of hydrogen-bond acceptors (Lipinski definition) is 3. The van der Waals surface area contributed by atoms with Crippen molar-refractivity contribution in [2.24, 2.45) is 0 Å². The number of carboxylic acid groups (broad SMARTS) is 1. The number of anilines is 1. The molecule has 23 heavy (non-hydrogen) atoms. The number of carboxylic acids is 1. The SMILES string of the molecule is O=C(O)c1ccc(F)c(NS(=O)(=O)/C=C/c2ccc(Cl)cc2)c1. The van der Waals surface area contributed by atoms with Crippen LogP contribution in [0.3, 0.4) is 0 Å². The lowest BCUT2D eigenvalue weighted by Crippen LogP contribution is -2.11. The van der Waals surface area contributed by atoms with Gasteiger partial charge in [-0.3, -0.25) is 4.72 Å². The van der Waals surface area contributed by atoms with Crippen molar-refractivity contribution in [1.82, 2.24) is 0 Å². The van der Waals surface area contributed by atoms with E-state index in [1.54, 1.807) is 24.3 Å². The van der Waals surface area contributed by atoms with Crippen LogP contribution in [0.2, 0.25) is 5.02 Å². The number of carbonyl (C=O) groups is 1. The third kappa shape index (κ3) is 4.80. The maximum Gasteiger partial charge on any atom is 0.335 e. The molecule has 0 unspecified atom stereocenters. The molecule has 0 aromatic heterocycles. The summed E-state index contributed by atoms with van der Waals surface area (Å²) in [6.07, 6.45) is 1.30. The Morgan fingerprint density at radius 2 is 1.83 bits per heavy atom. The largest absolute Gasteiger partial charge is 0.478 e. The highest BCUT2D eigenvalue weighted by molar-refractivity contribution is 7.95. The minimum atomic E-state index is -4.00. The van der Waals surface area contributed by atoms with Gasteiger partial charge in [0.25, 0.3) is 10.0 Å².